The van der Waals surface area contributed by atoms with Gasteiger partial charge in [0.1, 0.15) is 0 Å². The summed E-state index contributed by atoms with van der Waals surface area (Å²) in [5.41, 5.74) is 0. The molecule has 2 bridgehead atoms. The average Bonchev–Trinajstić information content (AvgIpc) is 2.68. The van der Waals surface area contributed by atoms with Crippen LogP contribution in [0.1, 0.15) is 64.7 Å². The number of piperidine rings is 1. The number of hydrogen-bond acceptors (Lipinski definition) is 2. The van der Waals surface area contributed by atoms with E-state index in [0.717, 1.165) is 30.0 Å². The minimum absolute atomic E-state index is 0.830. The summed E-state index contributed by atoms with van der Waals surface area (Å²) < 4.78 is 0. The lowest BCUT2D eigenvalue weighted by Gasteiger charge is -2.37. The molecule has 4 atom stereocenters. The normalized spacial score (nSPS) is 43.6. The molecule has 0 aromatic rings. The maximum atomic E-state index is 3.92. The molecule has 0 amide bonds. The highest BCUT2D eigenvalue weighted by Gasteiger charge is 2.38. The second-order valence-corrected chi connectivity index (χ2v) is 7.43. The lowest BCUT2D eigenvalue weighted by Crippen LogP contribution is -2.44. The first kappa shape index (κ1) is 13.9. The smallest absolute Gasteiger partial charge is 0.00988 e. The van der Waals surface area contributed by atoms with Gasteiger partial charge in [-0.15, -0.1) is 0 Å². The van der Waals surface area contributed by atoms with Crippen LogP contribution in [-0.2, 0) is 0 Å². The van der Waals surface area contributed by atoms with Gasteiger partial charge in [0, 0.05) is 18.1 Å². The van der Waals surface area contributed by atoms with Crippen molar-refractivity contribution < 1.29 is 0 Å². The van der Waals surface area contributed by atoms with Crippen LogP contribution in [0.5, 0.6) is 0 Å². The Hall–Kier alpha value is -0.0800. The van der Waals surface area contributed by atoms with Crippen molar-refractivity contribution in [2.24, 2.45) is 11.8 Å². The molecule has 3 rings (SSSR count). The van der Waals surface area contributed by atoms with Gasteiger partial charge in [-0.2, -0.15) is 0 Å². The van der Waals surface area contributed by atoms with E-state index < -0.39 is 0 Å². The van der Waals surface area contributed by atoms with E-state index in [0.29, 0.717) is 0 Å². The quantitative estimate of drug-likeness (QED) is 0.837. The topological polar surface area (TPSA) is 15.3 Å². The molecule has 1 N–H and O–H groups in total. The number of nitrogens with zero attached hydrogens (tertiary/aromatic N) is 1. The van der Waals surface area contributed by atoms with E-state index in [1.165, 1.54) is 64.3 Å². The molecule has 4 unspecified atom stereocenters. The van der Waals surface area contributed by atoms with E-state index in [4.69, 9.17) is 0 Å². The molecule has 2 aliphatic heterocycles. The fourth-order valence-electron chi connectivity index (χ4n) is 4.87. The van der Waals surface area contributed by atoms with Crippen LogP contribution >= 0.6 is 0 Å². The van der Waals surface area contributed by atoms with Crippen molar-refractivity contribution in [3.63, 3.8) is 0 Å². The number of nitrogens with one attached hydrogen (secondary N) is 1. The van der Waals surface area contributed by atoms with Gasteiger partial charge in [0.2, 0.25) is 0 Å². The van der Waals surface area contributed by atoms with Crippen LogP contribution in [0.15, 0.2) is 0 Å². The van der Waals surface area contributed by atoms with Gasteiger partial charge in [-0.1, -0.05) is 26.2 Å². The van der Waals surface area contributed by atoms with Gasteiger partial charge in [-0.05, 0) is 64.0 Å². The highest BCUT2D eigenvalue weighted by molar-refractivity contribution is 4.94. The fraction of sp³-hybridized carbons (Fsp3) is 1.00. The highest BCUT2D eigenvalue weighted by Crippen LogP contribution is 2.37. The van der Waals surface area contributed by atoms with E-state index in [1.54, 1.807) is 0 Å². The van der Waals surface area contributed by atoms with Crippen LogP contribution in [0.25, 0.3) is 0 Å². The van der Waals surface area contributed by atoms with Gasteiger partial charge in [0.25, 0.3) is 0 Å². The van der Waals surface area contributed by atoms with E-state index in [9.17, 15) is 0 Å². The van der Waals surface area contributed by atoms with Crippen LogP contribution < -0.4 is 5.32 Å². The van der Waals surface area contributed by atoms with Crippen LogP contribution in [-0.4, -0.2) is 36.6 Å². The molecule has 3 aliphatic rings. The third-order valence-electron chi connectivity index (χ3n) is 6.25. The minimum Gasteiger partial charge on any atom is -0.314 e. The monoisotopic (exact) mass is 264 g/mol. The largest absolute Gasteiger partial charge is 0.314 e. The van der Waals surface area contributed by atoms with Gasteiger partial charge in [-0.3, -0.25) is 0 Å². The zero-order valence-corrected chi connectivity index (χ0v) is 12.9. The predicted molar refractivity (Wildman–Crippen MR) is 81.3 cm³/mol. The molecular formula is C17H32N2. The van der Waals surface area contributed by atoms with Gasteiger partial charge in [-0.25, -0.2) is 0 Å². The Labute approximate surface area is 119 Å². The standard InChI is InChI=1S/C17H32N2/c1-3-13-5-4-6-15(9-13)18-12-14-10-16-7-8-17(11-14)19(16)2/h13-18H,3-12H2,1-2H3. The summed E-state index contributed by atoms with van der Waals surface area (Å²) in [6, 6.07) is 2.64. The Morgan fingerprint density at radius 3 is 2.37 bits per heavy atom. The summed E-state index contributed by atoms with van der Waals surface area (Å²) in [5, 5.41) is 3.92. The van der Waals surface area contributed by atoms with Crippen LogP contribution in [0.3, 0.4) is 0 Å². The van der Waals surface area contributed by atoms with Gasteiger partial charge in [0.05, 0.1) is 0 Å². The van der Waals surface area contributed by atoms with Gasteiger partial charge >= 0.3 is 0 Å². The zero-order chi connectivity index (χ0) is 13.2. The first-order valence-corrected chi connectivity index (χ1v) is 8.71. The van der Waals surface area contributed by atoms with E-state index >= 15 is 0 Å². The summed E-state index contributed by atoms with van der Waals surface area (Å²) in [7, 11) is 2.35. The third-order valence-corrected chi connectivity index (χ3v) is 6.25. The molecule has 2 nitrogen and oxygen atoms in total. The number of hydrogen-bond donors (Lipinski definition) is 1. The van der Waals surface area contributed by atoms with Crippen LogP contribution in [0.2, 0.25) is 0 Å². The second-order valence-electron chi connectivity index (χ2n) is 7.43. The second kappa shape index (κ2) is 6.13. The van der Waals surface area contributed by atoms with Crippen LogP contribution in [0.4, 0.5) is 0 Å². The molecule has 3 fully saturated rings. The van der Waals surface area contributed by atoms with Gasteiger partial charge < -0.3 is 10.2 Å². The van der Waals surface area contributed by atoms with Crippen LogP contribution in [0, 0.1) is 11.8 Å². The van der Waals surface area contributed by atoms with Crippen molar-refractivity contribution in [2.45, 2.75) is 82.8 Å². The first-order chi connectivity index (χ1) is 9.26. The van der Waals surface area contributed by atoms with Crippen molar-refractivity contribution in [2.75, 3.05) is 13.6 Å². The van der Waals surface area contributed by atoms with E-state index in [2.05, 4.69) is 24.2 Å². The Kier molecular flexibility index (Phi) is 4.48. The van der Waals surface area contributed by atoms with Crippen molar-refractivity contribution in [1.82, 2.24) is 10.2 Å². The van der Waals surface area contributed by atoms with E-state index in [1.807, 2.05) is 0 Å². The molecule has 19 heavy (non-hydrogen) atoms. The zero-order valence-electron chi connectivity index (χ0n) is 12.9. The Morgan fingerprint density at radius 1 is 0.947 bits per heavy atom. The van der Waals surface area contributed by atoms with Crippen molar-refractivity contribution in [3.05, 3.63) is 0 Å². The summed E-state index contributed by atoms with van der Waals surface area (Å²) in [6.07, 6.45) is 13.0. The molecule has 2 heteroatoms. The molecule has 0 spiro atoms. The van der Waals surface area contributed by atoms with Crippen molar-refractivity contribution in [3.8, 4) is 0 Å². The first-order valence-electron chi connectivity index (χ1n) is 8.71. The Morgan fingerprint density at radius 2 is 1.68 bits per heavy atom. The lowest BCUT2D eigenvalue weighted by molar-refractivity contribution is 0.128. The maximum absolute atomic E-state index is 3.92. The van der Waals surface area contributed by atoms with E-state index in [-0.39, 0.29) is 0 Å². The molecule has 0 aromatic carbocycles. The third kappa shape index (κ3) is 3.16. The number of fused-ring (bicyclic) bond motifs is 2. The minimum atomic E-state index is 0.830. The molecule has 110 valence electrons. The maximum Gasteiger partial charge on any atom is 0.00988 e. The van der Waals surface area contributed by atoms with Crippen molar-refractivity contribution >= 4 is 0 Å². The predicted octanol–water partition coefficient (Wildman–Crippen LogP) is 3.42. The number of rotatable bonds is 4. The SMILES string of the molecule is CCC1CCCC(NCC2CC3CCC(C2)N3C)C1. The molecular weight excluding hydrogens is 232 g/mol. The summed E-state index contributed by atoms with van der Waals surface area (Å²) in [6.45, 7) is 3.66. The van der Waals surface area contributed by atoms with Crippen molar-refractivity contribution in [1.29, 1.82) is 0 Å². The van der Waals surface area contributed by atoms with Gasteiger partial charge in [0.15, 0.2) is 0 Å². The molecule has 2 heterocycles. The highest BCUT2D eigenvalue weighted by atomic mass is 15.2. The lowest BCUT2D eigenvalue weighted by atomic mass is 9.83. The Balaban J connectivity index is 1.43. The summed E-state index contributed by atoms with van der Waals surface area (Å²) >= 11 is 0. The molecule has 1 aliphatic carbocycles. The summed E-state index contributed by atoms with van der Waals surface area (Å²) in [4.78, 5) is 2.66. The summed E-state index contributed by atoms with van der Waals surface area (Å²) in [5.74, 6) is 1.95. The molecule has 0 radical (unpaired) electrons. The molecule has 0 aromatic heterocycles. The molecule has 1 saturated carbocycles. The fourth-order valence-corrected chi connectivity index (χ4v) is 4.87. The Bertz CT molecular complexity index is 277. The molecule has 2 saturated heterocycles. The average molecular weight is 264 g/mol.